The van der Waals surface area contributed by atoms with Crippen molar-refractivity contribution in [1.82, 2.24) is 19.6 Å². The van der Waals surface area contributed by atoms with Crippen molar-refractivity contribution in [3.05, 3.63) is 41.5 Å². The second-order valence-corrected chi connectivity index (χ2v) is 8.28. The summed E-state index contributed by atoms with van der Waals surface area (Å²) in [5, 5.41) is 17.5. The fraction of sp³-hybridized carbons (Fsp3) is 0.476. The van der Waals surface area contributed by atoms with Crippen molar-refractivity contribution in [3.63, 3.8) is 0 Å². The molecule has 10 heteroatoms. The summed E-state index contributed by atoms with van der Waals surface area (Å²) in [4.78, 5) is 8.52. The maximum Gasteiger partial charge on any atom is 0.248 e. The van der Waals surface area contributed by atoms with Crippen LogP contribution < -0.4 is 5.32 Å². The number of nitrogens with one attached hydrogen (secondary N) is 1. The number of aliphatic hydroxyl groups is 1. The number of aryl methyl sites for hydroxylation is 1. The molecule has 3 aromatic heterocycles. The molecule has 1 aliphatic carbocycles. The maximum atomic E-state index is 14.5. The minimum absolute atomic E-state index is 0.169. The number of halogens is 3. The first kappa shape index (κ1) is 20.2. The van der Waals surface area contributed by atoms with Gasteiger partial charge in [-0.2, -0.15) is 0 Å². The molecule has 0 aromatic carbocycles. The van der Waals surface area contributed by atoms with E-state index in [2.05, 4.69) is 20.4 Å². The largest absolute Gasteiger partial charge is 0.389 e. The third-order valence-corrected chi connectivity index (χ3v) is 6.23. The lowest BCUT2D eigenvalue weighted by atomic mass is 9.93. The highest BCUT2D eigenvalue weighted by molar-refractivity contribution is 5.65. The molecular formula is C21H22F3N5O2. The molecule has 2 aliphatic rings. The number of aliphatic hydroxyl groups excluding tert-OH is 1. The molecule has 0 radical (unpaired) electrons. The van der Waals surface area contributed by atoms with Crippen LogP contribution in [0.15, 0.2) is 24.5 Å². The summed E-state index contributed by atoms with van der Waals surface area (Å²) < 4.78 is 48.2. The molecule has 164 valence electrons. The number of anilines is 1. The lowest BCUT2D eigenvalue weighted by Gasteiger charge is -2.28. The van der Waals surface area contributed by atoms with Crippen LogP contribution in [-0.2, 0) is 10.2 Å². The SMILES string of the molecule is Cc1cc(-c2cc(F)c3cnc(N[C@@H]4CCOC[C@H]4O)nn23)ncc1C1(C(F)F)CC1. The van der Waals surface area contributed by atoms with Gasteiger partial charge in [-0.1, -0.05) is 0 Å². The molecule has 3 aromatic rings. The van der Waals surface area contributed by atoms with E-state index in [1.165, 1.54) is 23.0 Å². The molecule has 0 bridgehead atoms. The quantitative estimate of drug-likeness (QED) is 0.643. The topological polar surface area (TPSA) is 84.6 Å². The summed E-state index contributed by atoms with van der Waals surface area (Å²) in [6.07, 6.45) is 1.16. The van der Waals surface area contributed by atoms with Crippen molar-refractivity contribution in [2.75, 3.05) is 18.5 Å². The predicted octanol–water partition coefficient (Wildman–Crippen LogP) is 3.10. The van der Waals surface area contributed by atoms with E-state index in [-0.39, 0.29) is 24.1 Å². The van der Waals surface area contributed by atoms with Gasteiger partial charge in [-0.25, -0.2) is 22.7 Å². The van der Waals surface area contributed by atoms with Gasteiger partial charge < -0.3 is 15.2 Å². The Morgan fingerprint density at radius 3 is 2.74 bits per heavy atom. The first-order chi connectivity index (χ1) is 14.9. The van der Waals surface area contributed by atoms with E-state index < -0.39 is 23.8 Å². The third kappa shape index (κ3) is 3.43. The second kappa shape index (κ2) is 7.45. The lowest BCUT2D eigenvalue weighted by Crippen LogP contribution is -2.42. The highest BCUT2D eigenvalue weighted by Crippen LogP contribution is 2.53. The molecule has 1 saturated carbocycles. The Kier molecular flexibility index (Phi) is 4.86. The Morgan fingerprint density at radius 1 is 1.26 bits per heavy atom. The summed E-state index contributed by atoms with van der Waals surface area (Å²) >= 11 is 0. The average molecular weight is 433 g/mol. The zero-order valence-electron chi connectivity index (χ0n) is 16.9. The average Bonchev–Trinajstić information content (AvgIpc) is 3.49. The van der Waals surface area contributed by atoms with Gasteiger partial charge >= 0.3 is 0 Å². The molecule has 5 rings (SSSR count). The van der Waals surface area contributed by atoms with Crippen LogP contribution in [0.3, 0.4) is 0 Å². The number of alkyl halides is 2. The van der Waals surface area contributed by atoms with E-state index >= 15 is 0 Å². The standard InChI is InChI=1S/C21H22F3N5O2/c1-11-6-15(25-8-12(11)21(3-4-21)19(23)24)16-7-13(22)17-9-26-20(28-29(16)17)27-14-2-5-31-10-18(14)30/h6-9,14,18-19,30H,2-5,10H2,1H3,(H,27,28)/t14-,18-/m1/s1. The van der Waals surface area contributed by atoms with Gasteiger partial charge in [0.2, 0.25) is 12.4 Å². The summed E-state index contributed by atoms with van der Waals surface area (Å²) in [5.41, 5.74) is 1.12. The van der Waals surface area contributed by atoms with Crippen molar-refractivity contribution in [1.29, 1.82) is 0 Å². The molecule has 1 saturated heterocycles. The molecule has 0 spiro atoms. The van der Waals surface area contributed by atoms with Crippen LogP contribution in [0.5, 0.6) is 0 Å². The van der Waals surface area contributed by atoms with Crippen molar-refractivity contribution in [3.8, 4) is 11.4 Å². The van der Waals surface area contributed by atoms with Gasteiger partial charge in [-0.3, -0.25) is 4.98 Å². The molecule has 2 fully saturated rings. The van der Waals surface area contributed by atoms with E-state index in [9.17, 15) is 18.3 Å². The van der Waals surface area contributed by atoms with Gasteiger partial charge in [0.1, 0.15) is 5.52 Å². The number of hydrogen-bond donors (Lipinski definition) is 2. The Bertz CT molecular complexity index is 1130. The number of pyridine rings is 1. The zero-order chi connectivity index (χ0) is 21.8. The maximum absolute atomic E-state index is 14.5. The number of rotatable bonds is 5. The minimum Gasteiger partial charge on any atom is -0.389 e. The van der Waals surface area contributed by atoms with E-state index in [0.717, 1.165) is 0 Å². The smallest absolute Gasteiger partial charge is 0.248 e. The van der Waals surface area contributed by atoms with E-state index in [1.54, 1.807) is 13.0 Å². The monoisotopic (exact) mass is 433 g/mol. The molecule has 2 atom stereocenters. The predicted molar refractivity (Wildman–Crippen MR) is 107 cm³/mol. The lowest BCUT2D eigenvalue weighted by molar-refractivity contribution is -0.0136. The Labute approximate surface area is 176 Å². The number of aromatic nitrogens is 4. The molecule has 7 nitrogen and oxygen atoms in total. The normalized spacial score (nSPS) is 22.8. The fourth-order valence-electron chi connectivity index (χ4n) is 4.22. The van der Waals surface area contributed by atoms with Crippen molar-refractivity contribution < 1.29 is 23.0 Å². The van der Waals surface area contributed by atoms with Crippen molar-refractivity contribution in [2.45, 2.75) is 50.2 Å². The summed E-state index contributed by atoms with van der Waals surface area (Å²) in [6, 6.07) is 2.72. The molecule has 0 amide bonds. The van der Waals surface area contributed by atoms with Crippen LogP contribution in [0, 0.1) is 12.7 Å². The minimum atomic E-state index is -2.44. The Hall–Kier alpha value is -2.72. The van der Waals surface area contributed by atoms with Gasteiger partial charge in [0.05, 0.1) is 41.8 Å². The zero-order valence-corrected chi connectivity index (χ0v) is 16.9. The second-order valence-electron chi connectivity index (χ2n) is 8.28. The first-order valence-electron chi connectivity index (χ1n) is 10.2. The van der Waals surface area contributed by atoms with E-state index in [1.807, 2.05) is 0 Å². The third-order valence-electron chi connectivity index (χ3n) is 6.23. The van der Waals surface area contributed by atoms with Gasteiger partial charge in [0.25, 0.3) is 0 Å². The van der Waals surface area contributed by atoms with Crippen molar-refractivity contribution in [2.24, 2.45) is 0 Å². The molecule has 2 N–H and O–H groups in total. The summed E-state index contributed by atoms with van der Waals surface area (Å²) in [5.74, 6) is -0.277. The molecule has 31 heavy (non-hydrogen) atoms. The highest BCUT2D eigenvalue weighted by atomic mass is 19.3. The molecule has 1 aliphatic heterocycles. The van der Waals surface area contributed by atoms with Gasteiger partial charge in [0.15, 0.2) is 5.82 Å². The Morgan fingerprint density at radius 2 is 2.06 bits per heavy atom. The van der Waals surface area contributed by atoms with Gasteiger partial charge in [-0.05, 0) is 43.4 Å². The number of nitrogens with zero attached hydrogens (tertiary/aromatic N) is 4. The molecular weight excluding hydrogens is 411 g/mol. The number of fused-ring (bicyclic) bond motifs is 1. The van der Waals surface area contributed by atoms with Gasteiger partial charge in [-0.15, -0.1) is 5.10 Å². The Balaban J connectivity index is 1.50. The van der Waals surface area contributed by atoms with Crippen LogP contribution in [0.2, 0.25) is 0 Å². The van der Waals surface area contributed by atoms with Crippen LogP contribution in [0.25, 0.3) is 16.9 Å². The fourth-order valence-corrected chi connectivity index (χ4v) is 4.22. The summed E-state index contributed by atoms with van der Waals surface area (Å²) in [6.45, 7) is 2.50. The first-order valence-corrected chi connectivity index (χ1v) is 10.2. The number of ether oxygens (including phenoxy) is 1. The number of hydrogen-bond acceptors (Lipinski definition) is 6. The highest BCUT2D eigenvalue weighted by Gasteiger charge is 2.53. The molecule has 4 heterocycles. The van der Waals surface area contributed by atoms with Crippen molar-refractivity contribution >= 4 is 11.5 Å². The van der Waals surface area contributed by atoms with E-state index in [4.69, 9.17) is 4.74 Å². The van der Waals surface area contributed by atoms with Crippen LogP contribution in [-0.4, -0.2) is 56.5 Å². The van der Waals surface area contributed by atoms with Crippen LogP contribution in [0.1, 0.15) is 30.4 Å². The summed E-state index contributed by atoms with van der Waals surface area (Å²) in [7, 11) is 0. The molecule has 0 unspecified atom stereocenters. The van der Waals surface area contributed by atoms with Crippen LogP contribution in [0.4, 0.5) is 19.1 Å². The van der Waals surface area contributed by atoms with Gasteiger partial charge in [0, 0.05) is 18.9 Å². The van der Waals surface area contributed by atoms with E-state index in [0.29, 0.717) is 48.4 Å². The van der Waals surface area contributed by atoms with Crippen LogP contribution >= 0.6 is 0 Å².